The molecule has 0 unspecified atom stereocenters. The fourth-order valence-corrected chi connectivity index (χ4v) is 2.29. The summed E-state index contributed by atoms with van der Waals surface area (Å²) < 4.78 is 17.2. The maximum absolute atomic E-state index is 9.04. The highest BCUT2D eigenvalue weighted by Crippen LogP contribution is 2.30. The number of hydrogen-bond donors (Lipinski definition) is 1. The highest BCUT2D eigenvalue weighted by atomic mass is 16.8. The molecule has 1 aromatic rings. The van der Waals surface area contributed by atoms with E-state index in [0.717, 1.165) is 5.56 Å². The van der Waals surface area contributed by atoms with Gasteiger partial charge in [-0.25, -0.2) is 0 Å². The third-order valence-electron chi connectivity index (χ3n) is 3.09. The van der Waals surface area contributed by atoms with Crippen LogP contribution in [0.1, 0.15) is 25.8 Å². The molecule has 0 spiro atoms. The molecule has 2 rings (SSSR count). The van der Waals surface area contributed by atoms with Crippen LogP contribution in [0.15, 0.2) is 30.3 Å². The molecule has 2 atom stereocenters. The van der Waals surface area contributed by atoms with Crippen molar-refractivity contribution < 1.29 is 19.3 Å². The summed E-state index contributed by atoms with van der Waals surface area (Å²) in [5.41, 5.74) is 1.14. The lowest BCUT2D eigenvalue weighted by Gasteiger charge is -2.16. The summed E-state index contributed by atoms with van der Waals surface area (Å²) in [5, 5.41) is 9.04. The lowest BCUT2D eigenvalue weighted by molar-refractivity contribution is -0.151. The van der Waals surface area contributed by atoms with Gasteiger partial charge in [-0.05, 0) is 25.8 Å². The zero-order valence-corrected chi connectivity index (χ0v) is 11.5. The van der Waals surface area contributed by atoms with Crippen molar-refractivity contribution in [1.29, 1.82) is 0 Å². The number of rotatable bonds is 6. The van der Waals surface area contributed by atoms with Crippen molar-refractivity contribution in [3.63, 3.8) is 0 Å². The topological polar surface area (TPSA) is 47.9 Å². The fourth-order valence-electron chi connectivity index (χ4n) is 2.29. The number of benzene rings is 1. The fraction of sp³-hybridized carbons (Fsp3) is 0.600. The minimum absolute atomic E-state index is 0.0965. The Labute approximate surface area is 114 Å². The van der Waals surface area contributed by atoms with Gasteiger partial charge in [0.2, 0.25) is 0 Å². The van der Waals surface area contributed by atoms with Gasteiger partial charge in [-0.1, -0.05) is 30.3 Å². The summed E-state index contributed by atoms with van der Waals surface area (Å²) in [6.45, 7) is 4.90. The van der Waals surface area contributed by atoms with E-state index >= 15 is 0 Å². The van der Waals surface area contributed by atoms with Gasteiger partial charge < -0.3 is 19.3 Å². The van der Waals surface area contributed by atoms with E-state index in [1.54, 1.807) is 0 Å². The second-order valence-electron chi connectivity index (χ2n) is 5.23. The minimum atomic E-state index is -0.597. The van der Waals surface area contributed by atoms with Crippen LogP contribution in [0.4, 0.5) is 0 Å². The predicted molar refractivity (Wildman–Crippen MR) is 71.6 cm³/mol. The van der Waals surface area contributed by atoms with Crippen LogP contribution in [0.5, 0.6) is 0 Å². The lowest BCUT2D eigenvalue weighted by Crippen LogP contribution is -2.28. The molecule has 0 aliphatic carbocycles. The molecule has 0 radical (unpaired) electrons. The number of hydrogen-bond acceptors (Lipinski definition) is 4. The van der Waals surface area contributed by atoms with Crippen LogP contribution in [0.2, 0.25) is 0 Å². The molecule has 4 nitrogen and oxygen atoms in total. The number of aliphatic hydroxyl groups is 1. The highest BCUT2D eigenvalue weighted by molar-refractivity contribution is 5.13. The Balaban J connectivity index is 1.81. The van der Waals surface area contributed by atoms with Gasteiger partial charge in [-0.2, -0.15) is 0 Å². The summed E-state index contributed by atoms with van der Waals surface area (Å²) in [6, 6.07) is 10.0. The number of ether oxygens (including phenoxy) is 3. The van der Waals surface area contributed by atoms with E-state index in [2.05, 4.69) is 0 Å². The van der Waals surface area contributed by atoms with E-state index in [-0.39, 0.29) is 18.8 Å². The van der Waals surface area contributed by atoms with Crippen molar-refractivity contribution in [2.45, 2.75) is 44.9 Å². The van der Waals surface area contributed by atoms with Gasteiger partial charge in [0.1, 0.15) is 6.10 Å². The Bertz CT molecular complexity index is 377. The van der Waals surface area contributed by atoms with E-state index in [9.17, 15) is 0 Å². The molecule has 1 aliphatic heterocycles. The molecule has 1 aromatic carbocycles. The Morgan fingerprint density at radius 3 is 2.53 bits per heavy atom. The van der Waals surface area contributed by atoms with Crippen LogP contribution in [0.3, 0.4) is 0 Å². The molecule has 19 heavy (non-hydrogen) atoms. The first-order chi connectivity index (χ1) is 9.11. The molecule has 1 N–H and O–H groups in total. The molecular formula is C15H22O4. The van der Waals surface area contributed by atoms with E-state index in [4.69, 9.17) is 19.3 Å². The number of aliphatic hydroxyl groups excluding tert-OH is 1. The summed E-state index contributed by atoms with van der Waals surface area (Å²) in [6.07, 6.45) is 0.352. The van der Waals surface area contributed by atoms with Crippen LogP contribution in [0.25, 0.3) is 0 Å². The smallest absolute Gasteiger partial charge is 0.163 e. The van der Waals surface area contributed by atoms with Crippen LogP contribution < -0.4 is 0 Å². The zero-order chi connectivity index (χ0) is 13.7. The van der Waals surface area contributed by atoms with Gasteiger partial charge in [-0.15, -0.1) is 0 Å². The van der Waals surface area contributed by atoms with Crippen molar-refractivity contribution in [2.75, 3.05) is 13.2 Å². The van der Waals surface area contributed by atoms with E-state index < -0.39 is 5.79 Å². The van der Waals surface area contributed by atoms with Gasteiger partial charge >= 0.3 is 0 Å². The molecule has 106 valence electrons. The maximum Gasteiger partial charge on any atom is 0.163 e. The van der Waals surface area contributed by atoms with Gasteiger partial charge in [0.05, 0.1) is 19.3 Å². The predicted octanol–water partition coefficient (Wildman–Crippen LogP) is 2.11. The van der Waals surface area contributed by atoms with Gasteiger partial charge in [0.25, 0.3) is 0 Å². The Kier molecular flexibility index (Phi) is 4.93. The van der Waals surface area contributed by atoms with Crippen molar-refractivity contribution in [1.82, 2.24) is 0 Å². The molecule has 1 fully saturated rings. The summed E-state index contributed by atoms with van der Waals surface area (Å²) >= 11 is 0. The average Bonchev–Trinajstić information content (AvgIpc) is 2.66. The summed E-state index contributed by atoms with van der Waals surface area (Å²) in [5.74, 6) is -0.597. The third-order valence-corrected chi connectivity index (χ3v) is 3.09. The van der Waals surface area contributed by atoms with E-state index in [0.29, 0.717) is 19.6 Å². The molecule has 0 bridgehead atoms. The quantitative estimate of drug-likeness (QED) is 0.856. The van der Waals surface area contributed by atoms with Crippen molar-refractivity contribution in [2.24, 2.45) is 0 Å². The van der Waals surface area contributed by atoms with E-state index in [1.165, 1.54) is 0 Å². The van der Waals surface area contributed by atoms with E-state index in [1.807, 2.05) is 44.2 Å². The van der Waals surface area contributed by atoms with Crippen molar-refractivity contribution >= 4 is 0 Å². The van der Waals surface area contributed by atoms with Crippen molar-refractivity contribution in [3.05, 3.63) is 35.9 Å². The lowest BCUT2D eigenvalue weighted by atomic mass is 10.1. The Morgan fingerprint density at radius 2 is 1.84 bits per heavy atom. The molecule has 0 aromatic heterocycles. The summed E-state index contributed by atoms with van der Waals surface area (Å²) in [4.78, 5) is 0. The molecule has 4 heteroatoms. The largest absolute Gasteiger partial charge is 0.396 e. The molecule has 0 amide bonds. The normalized spacial score (nSPS) is 25.6. The molecule has 1 saturated heterocycles. The Hall–Kier alpha value is -0.940. The monoisotopic (exact) mass is 266 g/mol. The maximum atomic E-state index is 9.04. The van der Waals surface area contributed by atoms with Gasteiger partial charge in [0.15, 0.2) is 5.79 Å². The summed E-state index contributed by atoms with van der Waals surface area (Å²) in [7, 11) is 0. The van der Waals surface area contributed by atoms with Crippen LogP contribution in [0, 0.1) is 0 Å². The molecule has 0 saturated carbocycles. The first-order valence-corrected chi connectivity index (χ1v) is 6.69. The third kappa shape index (κ3) is 4.28. The first-order valence-electron chi connectivity index (χ1n) is 6.69. The second kappa shape index (κ2) is 6.48. The average molecular weight is 266 g/mol. The molecule has 1 heterocycles. The second-order valence-corrected chi connectivity index (χ2v) is 5.23. The van der Waals surface area contributed by atoms with Crippen LogP contribution in [-0.2, 0) is 20.8 Å². The minimum Gasteiger partial charge on any atom is -0.396 e. The van der Waals surface area contributed by atoms with Gasteiger partial charge in [-0.3, -0.25) is 0 Å². The Morgan fingerprint density at radius 1 is 1.16 bits per heavy atom. The molecule has 1 aliphatic rings. The highest BCUT2D eigenvalue weighted by Gasteiger charge is 2.40. The SMILES string of the molecule is CC1(C)O[C@@H](CCO)[C@@H](COCc2ccccc2)O1. The zero-order valence-electron chi connectivity index (χ0n) is 11.5. The first kappa shape index (κ1) is 14.5. The standard InChI is InChI=1S/C15H22O4/c1-15(2)18-13(8-9-16)14(19-15)11-17-10-12-6-4-3-5-7-12/h3-7,13-14,16H,8-11H2,1-2H3/t13-,14+/m0/s1. The van der Waals surface area contributed by atoms with Gasteiger partial charge in [0, 0.05) is 6.61 Å². The molecular weight excluding hydrogens is 244 g/mol. The van der Waals surface area contributed by atoms with Crippen molar-refractivity contribution in [3.8, 4) is 0 Å². The van der Waals surface area contributed by atoms with Crippen LogP contribution in [-0.4, -0.2) is 36.3 Å². The van der Waals surface area contributed by atoms with Crippen LogP contribution >= 0.6 is 0 Å².